The number of amides is 1. The minimum absolute atomic E-state index is 0.111. The molecule has 8 heteroatoms. The lowest BCUT2D eigenvalue weighted by molar-refractivity contribution is -0.119. The molecule has 0 aliphatic heterocycles. The maximum Gasteiger partial charge on any atom is 0.264 e. The van der Waals surface area contributed by atoms with Crippen molar-refractivity contribution in [2.24, 2.45) is 0 Å². The standard InChI is InChI=1S/C24H25ClN2O4S/c1-17-6-4-7-21(14-17)32(29,30)27(23-9-5-8-22(25)18(23)2)16-24(28)26-15-19-10-12-20(31-3)13-11-19/h4-14H,15-16H2,1-3H3,(H,26,28). The van der Waals surface area contributed by atoms with E-state index < -0.39 is 15.9 Å². The zero-order chi connectivity index (χ0) is 23.3. The highest BCUT2D eigenvalue weighted by Crippen LogP contribution is 2.31. The highest BCUT2D eigenvalue weighted by molar-refractivity contribution is 7.92. The minimum Gasteiger partial charge on any atom is -0.497 e. The molecule has 1 amide bonds. The van der Waals surface area contributed by atoms with Crippen molar-refractivity contribution in [3.8, 4) is 5.75 Å². The predicted molar refractivity (Wildman–Crippen MR) is 127 cm³/mol. The summed E-state index contributed by atoms with van der Waals surface area (Å²) < 4.78 is 33.3. The first-order valence-corrected chi connectivity index (χ1v) is 11.8. The smallest absolute Gasteiger partial charge is 0.264 e. The van der Waals surface area contributed by atoms with E-state index in [0.717, 1.165) is 15.4 Å². The van der Waals surface area contributed by atoms with Crippen molar-refractivity contribution >= 4 is 33.2 Å². The van der Waals surface area contributed by atoms with E-state index in [1.807, 2.05) is 25.1 Å². The van der Waals surface area contributed by atoms with Crippen molar-refractivity contribution in [1.29, 1.82) is 0 Å². The van der Waals surface area contributed by atoms with Gasteiger partial charge in [-0.25, -0.2) is 8.42 Å². The summed E-state index contributed by atoms with van der Waals surface area (Å²) in [6.07, 6.45) is 0. The average molecular weight is 473 g/mol. The van der Waals surface area contributed by atoms with Gasteiger partial charge in [0.05, 0.1) is 17.7 Å². The third-order valence-corrected chi connectivity index (χ3v) is 7.19. The van der Waals surface area contributed by atoms with Crippen LogP contribution in [0.15, 0.2) is 71.6 Å². The largest absolute Gasteiger partial charge is 0.497 e. The van der Waals surface area contributed by atoms with Crippen molar-refractivity contribution < 1.29 is 17.9 Å². The lowest BCUT2D eigenvalue weighted by Gasteiger charge is -2.26. The predicted octanol–water partition coefficient (Wildman–Crippen LogP) is 4.48. The van der Waals surface area contributed by atoms with Crippen molar-refractivity contribution in [3.05, 3.63) is 88.4 Å². The van der Waals surface area contributed by atoms with Gasteiger partial charge in [0.1, 0.15) is 12.3 Å². The fourth-order valence-corrected chi connectivity index (χ4v) is 4.95. The van der Waals surface area contributed by atoms with Crippen LogP contribution in [0.5, 0.6) is 5.75 Å². The monoisotopic (exact) mass is 472 g/mol. The van der Waals surface area contributed by atoms with Gasteiger partial charge in [-0.2, -0.15) is 0 Å². The van der Waals surface area contributed by atoms with Crippen LogP contribution in [0.25, 0.3) is 0 Å². The quantitative estimate of drug-likeness (QED) is 0.524. The maximum atomic E-state index is 13.5. The van der Waals surface area contributed by atoms with Crippen LogP contribution in [0, 0.1) is 13.8 Å². The number of methoxy groups -OCH3 is 1. The van der Waals surface area contributed by atoms with E-state index in [2.05, 4.69) is 5.32 Å². The van der Waals surface area contributed by atoms with Crippen LogP contribution in [0.2, 0.25) is 5.02 Å². The number of nitrogens with one attached hydrogen (secondary N) is 1. The van der Waals surface area contributed by atoms with E-state index in [9.17, 15) is 13.2 Å². The van der Waals surface area contributed by atoms with E-state index in [0.29, 0.717) is 22.0 Å². The molecule has 0 unspecified atom stereocenters. The van der Waals surface area contributed by atoms with Crippen LogP contribution in [0.1, 0.15) is 16.7 Å². The third kappa shape index (κ3) is 5.41. The topological polar surface area (TPSA) is 75.7 Å². The van der Waals surface area contributed by atoms with Crippen LogP contribution in [-0.4, -0.2) is 28.0 Å². The molecular formula is C24H25ClN2O4S. The second kappa shape index (κ2) is 10.1. The van der Waals surface area contributed by atoms with Crippen molar-refractivity contribution in [2.75, 3.05) is 18.0 Å². The number of carbonyl (C=O) groups is 1. The summed E-state index contributed by atoms with van der Waals surface area (Å²) >= 11 is 6.25. The Morgan fingerprint density at radius 1 is 1.03 bits per heavy atom. The maximum absolute atomic E-state index is 13.5. The number of anilines is 1. The Labute approximate surface area is 193 Å². The number of sulfonamides is 1. The Hall–Kier alpha value is -3.03. The number of rotatable bonds is 8. The number of benzene rings is 3. The SMILES string of the molecule is COc1ccc(CNC(=O)CN(c2cccc(Cl)c2C)S(=O)(=O)c2cccc(C)c2)cc1. The number of ether oxygens (including phenoxy) is 1. The molecule has 6 nitrogen and oxygen atoms in total. The fourth-order valence-electron chi connectivity index (χ4n) is 3.20. The van der Waals surface area contributed by atoms with Gasteiger partial charge in [0.15, 0.2) is 0 Å². The summed E-state index contributed by atoms with van der Waals surface area (Å²) in [5.74, 6) is 0.281. The Morgan fingerprint density at radius 3 is 2.38 bits per heavy atom. The van der Waals surface area contributed by atoms with Crippen LogP contribution in [0.3, 0.4) is 0 Å². The molecule has 0 atom stereocenters. The second-order valence-electron chi connectivity index (χ2n) is 7.34. The van der Waals surface area contributed by atoms with Gasteiger partial charge in [-0.3, -0.25) is 9.10 Å². The van der Waals surface area contributed by atoms with Gasteiger partial charge in [-0.05, 0) is 66.9 Å². The van der Waals surface area contributed by atoms with Crippen molar-refractivity contribution in [1.82, 2.24) is 5.32 Å². The number of hydrogen-bond donors (Lipinski definition) is 1. The van der Waals surface area contributed by atoms with Crippen LogP contribution in [0.4, 0.5) is 5.69 Å². The molecule has 3 aromatic carbocycles. The Kier molecular flexibility index (Phi) is 7.43. The molecule has 32 heavy (non-hydrogen) atoms. The van der Waals surface area contributed by atoms with Gasteiger partial charge in [-0.15, -0.1) is 0 Å². The van der Waals surface area contributed by atoms with E-state index >= 15 is 0 Å². The highest BCUT2D eigenvalue weighted by Gasteiger charge is 2.28. The average Bonchev–Trinajstić information content (AvgIpc) is 2.78. The molecule has 168 valence electrons. The number of hydrogen-bond acceptors (Lipinski definition) is 4. The second-order valence-corrected chi connectivity index (χ2v) is 9.61. The van der Waals surface area contributed by atoms with Crippen LogP contribution < -0.4 is 14.4 Å². The van der Waals surface area contributed by atoms with Crippen molar-refractivity contribution in [2.45, 2.75) is 25.3 Å². The molecular weight excluding hydrogens is 448 g/mol. The summed E-state index contributed by atoms with van der Waals surface area (Å²) in [4.78, 5) is 12.9. The minimum atomic E-state index is -4.01. The highest BCUT2D eigenvalue weighted by atomic mass is 35.5. The van der Waals surface area contributed by atoms with E-state index in [-0.39, 0.29) is 18.0 Å². The van der Waals surface area contributed by atoms with Gasteiger partial charge in [-0.1, -0.05) is 41.9 Å². The Bertz CT molecular complexity index is 1210. The molecule has 0 spiro atoms. The summed E-state index contributed by atoms with van der Waals surface area (Å²) in [6.45, 7) is 3.42. The lowest BCUT2D eigenvalue weighted by Crippen LogP contribution is -2.41. The Balaban J connectivity index is 1.88. The number of nitrogens with zero attached hydrogens (tertiary/aromatic N) is 1. The van der Waals surface area contributed by atoms with Gasteiger partial charge in [0.2, 0.25) is 5.91 Å². The molecule has 3 rings (SSSR count). The molecule has 3 aromatic rings. The fraction of sp³-hybridized carbons (Fsp3) is 0.208. The molecule has 0 aromatic heterocycles. The number of carbonyl (C=O) groups excluding carboxylic acids is 1. The lowest BCUT2D eigenvalue weighted by atomic mass is 10.2. The molecule has 0 aliphatic rings. The van der Waals surface area contributed by atoms with Crippen LogP contribution >= 0.6 is 11.6 Å². The number of aryl methyl sites for hydroxylation is 1. The van der Waals surface area contributed by atoms with E-state index in [1.54, 1.807) is 56.5 Å². The van der Waals surface area contributed by atoms with Gasteiger partial charge < -0.3 is 10.1 Å². The van der Waals surface area contributed by atoms with E-state index in [4.69, 9.17) is 16.3 Å². The molecule has 0 aliphatic carbocycles. The zero-order valence-corrected chi connectivity index (χ0v) is 19.7. The zero-order valence-electron chi connectivity index (χ0n) is 18.1. The molecule has 0 bridgehead atoms. The molecule has 1 N–H and O–H groups in total. The van der Waals surface area contributed by atoms with Crippen molar-refractivity contribution in [3.63, 3.8) is 0 Å². The van der Waals surface area contributed by atoms with Gasteiger partial charge in [0, 0.05) is 11.6 Å². The summed E-state index contributed by atoms with van der Waals surface area (Å²) in [6, 6.07) is 18.8. The first-order valence-electron chi connectivity index (χ1n) is 9.96. The van der Waals surface area contributed by atoms with Crippen LogP contribution in [-0.2, 0) is 21.4 Å². The molecule has 0 radical (unpaired) electrons. The first-order chi connectivity index (χ1) is 15.2. The normalized spacial score (nSPS) is 11.1. The summed E-state index contributed by atoms with van der Waals surface area (Å²) in [5.41, 5.74) is 2.61. The van der Waals surface area contributed by atoms with E-state index in [1.165, 1.54) is 6.07 Å². The molecule has 0 heterocycles. The summed E-state index contributed by atoms with van der Waals surface area (Å²) in [5, 5.41) is 3.21. The summed E-state index contributed by atoms with van der Waals surface area (Å²) in [7, 11) is -2.42. The number of halogens is 1. The molecule has 0 fully saturated rings. The Morgan fingerprint density at radius 2 is 1.72 bits per heavy atom. The molecule has 0 saturated heterocycles. The van der Waals surface area contributed by atoms with Gasteiger partial charge in [0.25, 0.3) is 10.0 Å². The first kappa shape index (κ1) is 23.6. The molecule has 0 saturated carbocycles. The van der Waals surface area contributed by atoms with Gasteiger partial charge >= 0.3 is 0 Å². The third-order valence-electron chi connectivity index (χ3n) is 5.02.